The van der Waals surface area contributed by atoms with Crippen molar-refractivity contribution in [3.8, 4) is 6.07 Å². The van der Waals surface area contributed by atoms with E-state index in [4.69, 9.17) is 10.4 Å². The molecule has 0 spiro atoms. The Morgan fingerprint density at radius 1 is 1.47 bits per heavy atom. The SMILES string of the molecule is CC(C)(CCO)CNc1ccc(C#N)c(Br)c1. The topological polar surface area (TPSA) is 56.0 Å². The first-order chi connectivity index (χ1) is 7.98. The Labute approximate surface area is 111 Å². The molecule has 1 aromatic carbocycles. The monoisotopic (exact) mass is 296 g/mol. The lowest BCUT2D eigenvalue weighted by Gasteiger charge is -2.24. The van der Waals surface area contributed by atoms with Crippen molar-refractivity contribution in [1.29, 1.82) is 5.26 Å². The molecule has 1 aromatic rings. The average Bonchev–Trinajstić information content (AvgIpc) is 2.27. The van der Waals surface area contributed by atoms with Crippen LogP contribution >= 0.6 is 15.9 Å². The molecule has 0 radical (unpaired) electrons. The van der Waals surface area contributed by atoms with Gasteiger partial charge in [-0.25, -0.2) is 0 Å². The van der Waals surface area contributed by atoms with Gasteiger partial charge in [-0.3, -0.25) is 0 Å². The van der Waals surface area contributed by atoms with Crippen LogP contribution in [0.1, 0.15) is 25.8 Å². The predicted octanol–water partition coefficient (Wildman–Crippen LogP) is 3.14. The molecule has 0 bridgehead atoms. The van der Waals surface area contributed by atoms with Crippen molar-refractivity contribution in [3.63, 3.8) is 0 Å². The van der Waals surface area contributed by atoms with Crippen molar-refractivity contribution in [2.45, 2.75) is 20.3 Å². The molecular formula is C13H17BrN2O. The number of aliphatic hydroxyl groups is 1. The number of hydrogen-bond donors (Lipinski definition) is 2. The van der Waals surface area contributed by atoms with Crippen LogP contribution in [0.5, 0.6) is 0 Å². The average molecular weight is 297 g/mol. The third-order valence-corrected chi connectivity index (χ3v) is 3.31. The second kappa shape index (κ2) is 6.04. The van der Waals surface area contributed by atoms with Gasteiger partial charge in [0.2, 0.25) is 0 Å². The molecule has 0 aliphatic carbocycles. The Balaban J connectivity index is 2.65. The van der Waals surface area contributed by atoms with E-state index in [1.54, 1.807) is 6.07 Å². The largest absolute Gasteiger partial charge is 0.396 e. The minimum Gasteiger partial charge on any atom is -0.396 e. The minimum atomic E-state index is 0.0507. The van der Waals surface area contributed by atoms with E-state index >= 15 is 0 Å². The Morgan fingerprint density at radius 3 is 2.71 bits per heavy atom. The second-order valence-electron chi connectivity index (χ2n) is 4.80. The summed E-state index contributed by atoms with van der Waals surface area (Å²) in [6.45, 7) is 5.20. The summed E-state index contributed by atoms with van der Waals surface area (Å²) in [5, 5.41) is 21.1. The van der Waals surface area contributed by atoms with E-state index in [0.29, 0.717) is 5.56 Å². The first-order valence-electron chi connectivity index (χ1n) is 5.53. The van der Waals surface area contributed by atoms with Gasteiger partial charge in [0.05, 0.1) is 5.56 Å². The molecule has 0 aliphatic heterocycles. The van der Waals surface area contributed by atoms with Gasteiger partial charge in [-0.05, 0) is 46.0 Å². The zero-order valence-electron chi connectivity index (χ0n) is 10.1. The highest BCUT2D eigenvalue weighted by Crippen LogP contribution is 2.24. The molecule has 0 heterocycles. The normalized spacial score (nSPS) is 11.0. The van der Waals surface area contributed by atoms with Gasteiger partial charge >= 0.3 is 0 Å². The summed E-state index contributed by atoms with van der Waals surface area (Å²) in [6, 6.07) is 7.67. The van der Waals surface area contributed by atoms with Crippen molar-refractivity contribution in [2.75, 3.05) is 18.5 Å². The summed E-state index contributed by atoms with van der Waals surface area (Å²) in [5.41, 5.74) is 1.65. The molecule has 3 nitrogen and oxygen atoms in total. The predicted molar refractivity (Wildman–Crippen MR) is 72.8 cm³/mol. The molecule has 0 saturated heterocycles. The van der Waals surface area contributed by atoms with Gasteiger partial charge in [-0.1, -0.05) is 13.8 Å². The van der Waals surface area contributed by atoms with Gasteiger partial charge in [-0.15, -0.1) is 0 Å². The number of nitriles is 1. The second-order valence-corrected chi connectivity index (χ2v) is 5.65. The number of benzene rings is 1. The number of hydrogen-bond acceptors (Lipinski definition) is 3. The van der Waals surface area contributed by atoms with E-state index in [1.165, 1.54) is 0 Å². The summed E-state index contributed by atoms with van der Waals surface area (Å²) in [4.78, 5) is 0. The Bertz CT molecular complexity index is 424. The maximum Gasteiger partial charge on any atom is 0.100 e. The molecule has 4 heteroatoms. The highest BCUT2D eigenvalue weighted by Gasteiger charge is 2.16. The van der Waals surface area contributed by atoms with Crippen LogP contribution in [0.4, 0.5) is 5.69 Å². The van der Waals surface area contributed by atoms with Crippen LogP contribution in [-0.4, -0.2) is 18.3 Å². The lowest BCUT2D eigenvalue weighted by Crippen LogP contribution is -2.24. The minimum absolute atomic E-state index is 0.0507. The molecule has 2 N–H and O–H groups in total. The van der Waals surface area contributed by atoms with Crippen LogP contribution in [0.25, 0.3) is 0 Å². The number of rotatable bonds is 5. The number of nitrogens with zero attached hydrogens (tertiary/aromatic N) is 1. The Morgan fingerprint density at radius 2 is 2.18 bits per heavy atom. The van der Waals surface area contributed by atoms with Crippen LogP contribution in [0.3, 0.4) is 0 Å². The van der Waals surface area contributed by atoms with Crippen molar-refractivity contribution >= 4 is 21.6 Å². The van der Waals surface area contributed by atoms with Crippen molar-refractivity contribution in [3.05, 3.63) is 28.2 Å². The molecule has 0 unspecified atom stereocenters. The third-order valence-electron chi connectivity index (χ3n) is 2.65. The summed E-state index contributed by atoms with van der Waals surface area (Å²) in [5.74, 6) is 0. The molecular weight excluding hydrogens is 280 g/mol. The fourth-order valence-electron chi connectivity index (χ4n) is 1.45. The van der Waals surface area contributed by atoms with E-state index in [0.717, 1.165) is 23.1 Å². The summed E-state index contributed by atoms with van der Waals surface area (Å²) in [6.07, 6.45) is 0.761. The molecule has 0 aromatic heterocycles. The van der Waals surface area contributed by atoms with Crippen LogP contribution in [-0.2, 0) is 0 Å². The zero-order valence-corrected chi connectivity index (χ0v) is 11.7. The van der Waals surface area contributed by atoms with Gasteiger partial charge in [0.15, 0.2) is 0 Å². The van der Waals surface area contributed by atoms with Gasteiger partial charge < -0.3 is 10.4 Å². The summed E-state index contributed by atoms with van der Waals surface area (Å²) >= 11 is 3.36. The van der Waals surface area contributed by atoms with Crippen LogP contribution in [0.2, 0.25) is 0 Å². The molecule has 0 fully saturated rings. The van der Waals surface area contributed by atoms with E-state index in [2.05, 4.69) is 41.2 Å². The number of anilines is 1. The maximum atomic E-state index is 8.94. The summed E-state index contributed by atoms with van der Waals surface area (Å²) < 4.78 is 0.796. The Hall–Kier alpha value is -1.05. The van der Waals surface area contributed by atoms with Gasteiger partial charge in [0.25, 0.3) is 0 Å². The number of nitrogens with one attached hydrogen (secondary N) is 1. The van der Waals surface area contributed by atoms with Crippen molar-refractivity contribution in [2.24, 2.45) is 5.41 Å². The smallest absolute Gasteiger partial charge is 0.100 e. The van der Waals surface area contributed by atoms with E-state index in [1.807, 2.05) is 12.1 Å². The molecule has 0 amide bonds. The van der Waals surface area contributed by atoms with Crippen LogP contribution < -0.4 is 5.32 Å². The highest BCUT2D eigenvalue weighted by atomic mass is 79.9. The van der Waals surface area contributed by atoms with E-state index in [9.17, 15) is 0 Å². The lowest BCUT2D eigenvalue weighted by molar-refractivity contribution is 0.220. The standard InChI is InChI=1S/C13H17BrN2O/c1-13(2,5-6-17)9-16-11-4-3-10(8-15)12(14)7-11/h3-4,7,16-17H,5-6,9H2,1-2H3. The van der Waals surface area contributed by atoms with E-state index < -0.39 is 0 Å². The van der Waals surface area contributed by atoms with Crippen molar-refractivity contribution in [1.82, 2.24) is 0 Å². The molecule has 0 aliphatic rings. The van der Waals surface area contributed by atoms with Crippen LogP contribution in [0, 0.1) is 16.7 Å². The first-order valence-corrected chi connectivity index (χ1v) is 6.32. The zero-order chi connectivity index (χ0) is 12.9. The molecule has 0 saturated carbocycles. The molecule has 0 atom stereocenters. The highest BCUT2D eigenvalue weighted by molar-refractivity contribution is 9.10. The maximum absolute atomic E-state index is 8.94. The first kappa shape index (κ1) is 14.0. The van der Waals surface area contributed by atoms with Crippen LogP contribution in [0.15, 0.2) is 22.7 Å². The number of halogens is 1. The van der Waals surface area contributed by atoms with Gasteiger partial charge in [0, 0.05) is 23.3 Å². The molecule has 17 heavy (non-hydrogen) atoms. The van der Waals surface area contributed by atoms with Gasteiger partial charge in [0.1, 0.15) is 6.07 Å². The molecule has 92 valence electrons. The molecule has 1 rings (SSSR count). The quantitative estimate of drug-likeness (QED) is 0.878. The fraction of sp³-hybridized carbons (Fsp3) is 0.462. The third kappa shape index (κ3) is 4.37. The Kier molecular flexibility index (Phi) is 4.98. The summed E-state index contributed by atoms with van der Waals surface area (Å²) in [7, 11) is 0. The van der Waals surface area contributed by atoms with Crippen molar-refractivity contribution < 1.29 is 5.11 Å². The van der Waals surface area contributed by atoms with Gasteiger partial charge in [-0.2, -0.15) is 5.26 Å². The number of aliphatic hydroxyl groups excluding tert-OH is 1. The van der Waals surface area contributed by atoms with E-state index in [-0.39, 0.29) is 12.0 Å². The lowest BCUT2D eigenvalue weighted by atomic mass is 9.89. The fourth-order valence-corrected chi connectivity index (χ4v) is 1.92.